The van der Waals surface area contributed by atoms with E-state index in [0.29, 0.717) is 16.7 Å². The normalized spacial score (nSPS) is 14.3. The standard InChI is InChI=1S/C20H26N4O3S2/c1-3-5-10-24-16(21)15(17(25)22-20(24)27)23(4-2)18(26)13-6-8-14(9-7-13)19-28-11-12-29-19/h6-9,19H,3-5,10-12,21H2,1-2H3,(H,22,25,27). The summed E-state index contributed by atoms with van der Waals surface area (Å²) < 4.78 is 1.73. The van der Waals surface area contributed by atoms with Gasteiger partial charge in [-0.2, -0.15) is 0 Å². The van der Waals surface area contributed by atoms with Crippen molar-refractivity contribution < 1.29 is 4.79 Å². The van der Waals surface area contributed by atoms with Crippen LogP contribution in [0.5, 0.6) is 0 Å². The van der Waals surface area contributed by atoms with Crippen LogP contribution in [-0.2, 0) is 6.54 Å². The summed E-state index contributed by atoms with van der Waals surface area (Å²) in [6.45, 7) is 4.43. The highest BCUT2D eigenvalue weighted by molar-refractivity contribution is 8.19. The van der Waals surface area contributed by atoms with Crippen LogP contribution in [0.25, 0.3) is 0 Å². The van der Waals surface area contributed by atoms with Crippen molar-refractivity contribution in [2.24, 2.45) is 0 Å². The summed E-state index contributed by atoms with van der Waals surface area (Å²) in [5, 5.41) is 0. The number of anilines is 2. The van der Waals surface area contributed by atoms with Crippen LogP contribution in [0, 0.1) is 0 Å². The van der Waals surface area contributed by atoms with Gasteiger partial charge in [0.2, 0.25) is 0 Å². The smallest absolute Gasteiger partial charge is 0.330 e. The van der Waals surface area contributed by atoms with E-state index < -0.39 is 11.2 Å². The van der Waals surface area contributed by atoms with Crippen molar-refractivity contribution in [2.45, 2.75) is 37.8 Å². The molecule has 1 aromatic carbocycles. The molecule has 0 spiro atoms. The average Bonchev–Trinajstić information content (AvgIpc) is 3.25. The second kappa shape index (κ2) is 9.58. The first-order valence-corrected chi connectivity index (χ1v) is 11.8. The number of H-pyrrole nitrogens is 1. The predicted molar refractivity (Wildman–Crippen MR) is 122 cm³/mol. The van der Waals surface area contributed by atoms with E-state index in [4.69, 9.17) is 5.73 Å². The van der Waals surface area contributed by atoms with Crippen molar-refractivity contribution >= 4 is 40.9 Å². The Labute approximate surface area is 178 Å². The molecule has 1 aliphatic rings. The number of unbranched alkanes of at least 4 members (excludes halogenated alkanes) is 1. The highest BCUT2D eigenvalue weighted by Gasteiger charge is 2.25. The van der Waals surface area contributed by atoms with E-state index in [2.05, 4.69) is 4.98 Å². The fourth-order valence-corrected chi connectivity index (χ4v) is 6.13. The number of amides is 1. The molecule has 156 valence electrons. The highest BCUT2D eigenvalue weighted by Crippen LogP contribution is 2.45. The largest absolute Gasteiger partial charge is 0.383 e. The van der Waals surface area contributed by atoms with Gasteiger partial charge in [-0.25, -0.2) is 4.79 Å². The molecule has 0 saturated carbocycles. The third-order valence-corrected chi connectivity index (χ3v) is 7.94. The lowest BCUT2D eigenvalue weighted by Crippen LogP contribution is -2.41. The molecular weight excluding hydrogens is 408 g/mol. The van der Waals surface area contributed by atoms with Crippen LogP contribution in [0.3, 0.4) is 0 Å². The lowest BCUT2D eigenvalue weighted by atomic mass is 10.1. The molecule has 1 aromatic heterocycles. The molecule has 7 nitrogen and oxygen atoms in total. The number of nitrogens with one attached hydrogen (secondary N) is 1. The second-order valence-corrected chi connectivity index (χ2v) is 9.47. The first kappa shape index (κ1) is 21.6. The summed E-state index contributed by atoms with van der Waals surface area (Å²) in [4.78, 5) is 41.4. The van der Waals surface area contributed by atoms with Crippen molar-refractivity contribution in [3.63, 3.8) is 0 Å². The van der Waals surface area contributed by atoms with E-state index in [0.717, 1.165) is 24.3 Å². The Bertz CT molecular complexity index is 979. The number of nitrogen functional groups attached to an aromatic ring is 1. The molecule has 3 N–H and O–H groups in total. The van der Waals surface area contributed by atoms with Crippen molar-refractivity contribution in [3.8, 4) is 0 Å². The van der Waals surface area contributed by atoms with E-state index in [1.165, 1.54) is 15.0 Å². The minimum absolute atomic E-state index is 0.0257. The molecule has 0 aliphatic carbocycles. The lowest BCUT2D eigenvalue weighted by molar-refractivity contribution is 0.0988. The summed E-state index contributed by atoms with van der Waals surface area (Å²) in [6.07, 6.45) is 1.62. The summed E-state index contributed by atoms with van der Waals surface area (Å²) in [5.41, 5.74) is 6.66. The van der Waals surface area contributed by atoms with Crippen LogP contribution in [0.1, 0.15) is 47.2 Å². The van der Waals surface area contributed by atoms with Crippen LogP contribution in [0.4, 0.5) is 11.5 Å². The molecule has 0 radical (unpaired) electrons. The van der Waals surface area contributed by atoms with Crippen molar-refractivity contribution in [1.29, 1.82) is 0 Å². The van der Waals surface area contributed by atoms with Gasteiger partial charge < -0.3 is 10.6 Å². The summed E-state index contributed by atoms with van der Waals surface area (Å²) >= 11 is 3.81. The van der Waals surface area contributed by atoms with Gasteiger partial charge in [0, 0.05) is 30.2 Å². The fraction of sp³-hybridized carbons (Fsp3) is 0.450. The maximum Gasteiger partial charge on any atom is 0.330 e. The summed E-state index contributed by atoms with van der Waals surface area (Å²) in [7, 11) is 0. The van der Waals surface area contributed by atoms with Crippen molar-refractivity contribution in [2.75, 3.05) is 28.7 Å². The van der Waals surface area contributed by atoms with Gasteiger partial charge in [-0.1, -0.05) is 25.5 Å². The summed E-state index contributed by atoms with van der Waals surface area (Å²) in [5.74, 6) is 1.98. The van der Waals surface area contributed by atoms with Gasteiger partial charge in [0.25, 0.3) is 11.5 Å². The number of aromatic nitrogens is 2. The molecule has 0 atom stereocenters. The van der Waals surface area contributed by atoms with Gasteiger partial charge in [-0.15, -0.1) is 23.5 Å². The quantitative estimate of drug-likeness (QED) is 0.695. The lowest BCUT2D eigenvalue weighted by Gasteiger charge is -2.23. The number of nitrogens with zero attached hydrogens (tertiary/aromatic N) is 2. The maximum absolute atomic E-state index is 13.1. The van der Waals surface area contributed by atoms with Crippen molar-refractivity contribution in [1.82, 2.24) is 9.55 Å². The molecule has 2 heterocycles. The zero-order valence-electron chi connectivity index (χ0n) is 16.6. The zero-order valence-corrected chi connectivity index (χ0v) is 18.3. The van der Waals surface area contributed by atoms with Gasteiger partial charge in [-0.3, -0.25) is 19.1 Å². The Kier molecular flexibility index (Phi) is 7.13. The Morgan fingerprint density at radius 3 is 2.45 bits per heavy atom. The number of rotatable bonds is 7. The summed E-state index contributed by atoms with van der Waals surface area (Å²) in [6, 6.07) is 7.51. The SMILES string of the molecule is CCCCn1c(N)c(N(CC)C(=O)c2ccc(C3SCCS3)cc2)c(=O)[nH]c1=O. The molecule has 3 rings (SSSR count). The van der Waals surface area contributed by atoms with Crippen LogP contribution in [-0.4, -0.2) is 33.5 Å². The number of aromatic amines is 1. The monoisotopic (exact) mass is 434 g/mol. The Hall–Kier alpha value is -2.13. The van der Waals surface area contributed by atoms with Gasteiger partial charge in [0.15, 0.2) is 5.69 Å². The molecule has 0 bridgehead atoms. The number of carbonyl (C=O) groups is 1. The number of carbonyl (C=O) groups excluding carboxylic acids is 1. The van der Waals surface area contributed by atoms with Gasteiger partial charge in [-0.05, 0) is 31.0 Å². The van der Waals surface area contributed by atoms with Crippen LogP contribution < -0.4 is 21.9 Å². The van der Waals surface area contributed by atoms with E-state index in [1.807, 2.05) is 42.6 Å². The number of nitrogens with two attached hydrogens (primary N) is 1. The Morgan fingerprint density at radius 1 is 1.21 bits per heavy atom. The molecule has 9 heteroatoms. The van der Waals surface area contributed by atoms with Crippen LogP contribution >= 0.6 is 23.5 Å². The second-order valence-electron chi connectivity index (χ2n) is 6.74. The number of hydrogen-bond acceptors (Lipinski definition) is 6. The Morgan fingerprint density at radius 2 is 1.86 bits per heavy atom. The zero-order chi connectivity index (χ0) is 21.0. The van der Waals surface area contributed by atoms with Crippen LogP contribution in [0.15, 0.2) is 33.9 Å². The van der Waals surface area contributed by atoms with Crippen LogP contribution in [0.2, 0.25) is 0 Å². The van der Waals surface area contributed by atoms with Gasteiger partial charge in [0.05, 0.1) is 4.58 Å². The molecule has 0 unspecified atom stereocenters. The van der Waals surface area contributed by atoms with E-state index >= 15 is 0 Å². The van der Waals surface area contributed by atoms with E-state index in [-0.39, 0.29) is 24.0 Å². The maximum atomic E-state index is 13.1. The number of benzene rings is 1. The molecule has 1 saturated heterocycles. The van der Waals surface area contributed by atoms with E-state index in [1.54, 1.807) is 19.1 Å². The first-order valence-electron chi connectivity index (χ1n) is 9.75. The molecule has 1 fully saturated rings. The average molecular weight is 435 g/mol. The molecule has 1 amide bonds. The van der Waals surface area contributed by atoms with Crippen molar-refractivity contribution in [3.05, 3.63) is 56.2 Å². The first-order chi connectivity index (χ1) is 14.0. The molecule has 29 heavy (non-hydrogen) atoms. The minimum Gasteiger partial charge on any atom is -0.383 e. The minimum atomic E-state index is -0.647. The predicted octanol–water partition coefficient (Wildman–Crippen LogP) is 3.06. The molecule has 1 aliphatic heterocycles. The van der Waals surface area contributed by atoms with E-state index in [9.17, 15) is 14.4 Å². The molecular formula is C20H26N4O3S2. The fourth-order valence-electron chi connectivity index (χ4n) is 3.27. The third kappa shape index (κ3) is 4.56. The number of thioether (sulfide) groups is 2. The highest BCUT2D eigenvalue weighted by atomic mass is 32.2. The van der Waals surface area contributed by atoms with Gasteiger partial charge in [0.1, 0.15) is 5.82 Å². The number of hydrogen-bond donors (Lipinski definition) is 2. The molecule has 2 aromatic rings. The third-order valence-electron chi connectivity index (χ3n) is 4.83. The Balaban J connectivity index is 1.93. The topological polar surface area (TPSA) is 101 Å². The van der Waals surface area contributed by atoms with Gasteiger partial charge >= 0.3 is 5.69 Å².